The lowest BCUT2D eigenvalue weighted by Gasteiger charge is -2.22. The standard InChI is InChI=1S/C56H31F12N3/c57-53(58,59)38-17-9-15-34(25-38)43-28-37(52-69-47(32-11-3-1-4-12-32)31-48(70-52)33-13-5-2-6-14-33)29-44(35-16-10-18-39(26-35)54(60,61)62)51(43)71-49-20-8-7-19-42(49)45-27-36(21-24-50(45)71)41-23-22-40(55(63,64)65)30-46(41)56(66,67)68/h1-31H. The van der Waals surface area contributed by atoms with Crippen LogP contribution in [0.3, 0.4) is 0 Å². The van der Waals surface area contributed by atoms with Crippen molar-refractivity contribution in [3.8, 4) is 73.0 Å². The third kappa shape index (κ3) is 8.99. The van der Waals surface area contributed by atoms with Crippen LogP contribution in [0.2, 0.25) is 0 Å². The Balaban J connectivity index is 1.33. The summed E-state index contributed by atoms with van der Waals surface area (Å²) in [7, 11) is 0. The molecule has 0 spiro atoms. The monoisotopic (exact) mass is 973 g/mol. The van der Waals surface area contributed by atoms with Gasteiger partial charge in [0, 0.05) is 38.6 Å². The second-order valence-corrected chi connectivity index (χ2v) is 16.6. The van der Waals surface area contributed by atoms with E-state index < -0.39 is 52.5 Å². The number of hydrogen-bond acceptors (Lipinski definition) is 2. The number of alkyl halides is 12. The Bertz CT molecular complexity index is 3510. The van der Waals surface area contributed by atoms with E-state index in [4.69, 9.17) is 9.97 Å². The van der Waals surface area contributed by atoms with Crippen molar-refractivity contribution in [3.05, 3.63) is 210 Å². The zero-order valence-electron chi connectivity index (χ0n) is 36.3. The summed E-state index contributed by atoms with van der Waals surface area (Å²) in [5, 5.41) is 0.664. The molecule has 10 aromatic rings. The number of nitrogens with zero attached hydrogens (tertiary/aromatic N) is 3. The van der Waals surface area contributed by atoms with Crippen LogP contribution in [-0.4, -0.2) is 14.5 Å². The van der Waals surface area contributed by atoms with Gasteiger partial charge in [0.1, 0.15) is 0 Å². The van der Waals surface area contributed by atoms with E-state index in [-0.39, 0.29) is 61.9 Å². The number of rotatable bonds is 7. The maximum absolute atomic E-state index is 14.6. The molecule has 0 fully saturated rings. The van der Waals surface area contributed by atoms with Crippen molar-refractivity contribution in [2.75, 3.05) is 0 Å². The van der Waals surface area contributed by atoms with Crippen LogP contribution in [0.4, 0.5) is 52.7 Å². The lowest BCUT2D eigenvalue weighted by molar-refractivity contribution is -0.143. The summed E-state index contributed by atoms with van der Waals surface area (Å²) in [6, 6.07) is 43.7. The fraction of sp³-hybridized carbons (Fsp3) is 0.0714. The number of halogens is 12. The van der Waals surface area contributed by atoms with Gasteiger partial charge in [-0.05, 0) is 95.1 Å². The van der Waals surface area contributed by atoms with Gasteiger partial charge in [0.05, 0.1) is 50.4 Å². The van der Waals surface area contributed by atoms with Crippen molar-refractivity contribution < 1.29 is 52.7 Å². The first kappa shape index (κ1) is 46.5. The first-order valence-electron chi connectivity index (χ1n) is 21.6. The topological polar surface area (TPSA) is 30.7 Å². The van der Waals surface area contributed by atoms with Gasteiger partial charge in [0.2, 0.25) is 0 Å². The average molecular weight is 974 g/mol. The highest BCUT2D eigenvalue weighted by Gasteiger charge is 2.39. The highest BCUT2D eigenvalue weighted by molar-refractivity contribution is 6.12. The first-order chi connectivity index (χ1) is 33.7. The molecule has 15 heteroatoms. The molecule has 0 radical (unpaired) electrons. The fourth-order valence-electron chi connectivity index (χ4n) is 8.85. The molecule has 0 N–H and O–H groups in total. The summed E-state index contributed by atoms with van der Waals surface area (Å²) in [5.74, 6) is 0.0714. The van der Waals surface area contributed by atoms with Crippen molar-refractivity contribution in [2.45, 2.75) is 24.7 Å². The molecule has 10 rings (SSSR count). The van der Waals surface area contributed by atoms with Gasteiger partial charge in [0.15, 0.2) is 5.82 Å². The van der Waals surface area contributed by atoms with Crippen molar-refractivity contribution >= 4 is 21.8 Å². The van der Waals surface area contributed by atoms with E-state index in [1.807, 2.05) is 36.4 Å². The lowest BCUT2D eigenvalue weighted by atomic mass is 9.91. The van der Waals surface area contributed by atoms with E-state index >= 15 is 0 Å². The maximum atomic E-state index is 14.6. The highest BCUT2D eigenvalue weighted by atomic mass is 19.4. The lowest BCUT2D eigenvalue weighted by Crippen LogP contribution is -2.12. The molecule has 354 valence electrons. The normalized spacial score (nSPS) is 12.5. The number of benzene rings is 8. The molecule has 8 aromatic carbocycles. The largest absolute Gasteiger partial charge is 0.417 e. The van der Waals surface area contributed by atoms with Crippen LogP contribution in [0.1, 0.15) is 22.3 Å². The molecule has 2 heterocycles. The van der Waals surface area contributed by atoms with E-state index in [0.717, 1.165) is 30.3 Å². The Kier molecular flexibility index (Phi) is 11.4. The van der Waals surface area contributed by atoms with E-state index in [1.54, 1.807) is 71.3 Å². The molecule has 0 amide bonds. The molecule has 0 aliphatic heterocycles. The zero-order valence-corrected chi connectivity index (χ0v) is 36.3. The summed E-state index contributed by atoms with van der Waals surface area (Å²) in [6.45, 7) is 0. The minimum absolute atomic E-state index is 0.0190. The van der Waals surface area contributed by atoms with Crippen molar-refractivity contribution in [1.82, 2.24) is 14.5 Å². The minimum Gasteiger partial charge on any atom is -0.308 e. The third-order valence-electron chi connectivity index (χ3n) is 12.1. The van der Waals surface area contributed by atoms with Gasteiger partial charge in [-0.1, -0.05) is 115 Å². The molecule has 0 atom stereocenters. The third-order valence-corrected chi connectivity index (χ3v) is 12.1. The summed E-state index contributed by atoms with van der Waals surface area (Å²) in [5.41, 5.74) is -2.53. The molecule has 2 aromatic heterocycles. The smallest absolute Gasteiger partial charge is 0.308 e. The average Bonchev–Trinajstić information content (AvgIpc) is 3.68. The first-order valence-corrected chi connectivity index (χ1v) is 21.6. The minimum atomic E-state index is -5.22. The van der Waals surface area contributed by atoms with E-state index in [9.17, 15) is 52.7 Å². The number of para-hydroxylation sites is 1. The van der Waals surface area contributed by atoms with Gasteiger partial charge in [-0.15, -0.1) is 0 Å². The molecule has 0 bridgehead atoms. The molecular weight excluding hydrogens is 943 g/mol. The molecule has 71 heavy (non-hydrogen) atoms. The summed E-state index contributed by atoms with van der Waals surface area (Å²) in [6.07, 6.45) is -20.0. The van der Waals surface area contributed by atoms with Crippen LogP contribution in [-0.2, 0) is 24.7 Å². The van der Waals surface area contributed by atoms with Gasteiger partial charge >= 0.3 is 24.7 Å². The second-order valence-electron chi connectivity index (χ2n) is 16.6. The van der Waals surface area contributed by atoms with E-state index in [2.05, 4.69) is 0 Å². The van der Waals surface area contributed by atoms with Crippen molar-refractivity contribution in [3.63, 3.8) is 0 Å². The summed E-state index contributed by atoms with van der Waals surface area (Å²) < 4.78 is 174. The Hall–Kier alpha value is -8.20. The van der Waals surface area contributed by atoms with Crippen LogP contribution in [0.25, 0.3) is 94.8 Å². The number of aromatic nitrogens is 3. The van der Waals surface area contributed by atoms with Gasteiger partial charge in [0.25, 0.3) is 0 Å². The van der Waals surface area contributed by atoms with Gasteiger partial charge in [-0.25, -0.2) is 9.97 Å². The van der Waals surface area contributed by atoms with Crippen LogP contribution in [0.15, 0.2) is 188 Å². The Morgan fingerprint density at radius 1 is 0.310 bits per heavy atom. The van der Waals surface area contributed by atoms with Gasteiger partial charge < -0.3 is 4.57 Å². The second kappa shape index (κ2) is 17.3. The Labute approximate surface area is 395 Å². The van der Waals surface area contributed by atoms with Gasteiger partial charge in [-0.2, -0.15) is 52.7 Å². The van der Waals surface area contributed by atoms with Gasteiger partial charge in [-0.3, -0.25) is 0 Å². The summed E-state index contributed by atoms with van der Waals surface area (Å²) in [4.78, 5) is 9.87. The zero-order chi connectivity index (χ0) is 50.0. The molecular formula is C56H31F12N3. The van der Waals surface area contributed by atoms with Crippen LogP contribution >= 0.6 is 0 Å². The fourth-order valence-corrected chi connectivity index (χ4v) is 8.85. The van der Waals surface area contributed by atoms with Crippen molar-refractivity contribution in [1.29, 1.82) is 0 Å². The van der Waals surface area contributed by atoms with Crippen LogP contribution < -0.4 is 0 Å². The van der Waals surface area contributed by atoms with Crippen molar-refractivity contribution in [2.24, 2.45) is 0 Å². The SMILES string of the molecule is FC(F)(F)c1cccc(-c2cc(-c3nc(-c4ccccc4)cc(-c4ccccc4)n3)cc(-c3cccc(C(F)(F)F)c3)c2-n2c3ccccc3c3cc(-c4ccc(C(F)(F)F)cc4C(F)(F)F)ccc32)c1. The molecule has 0 unspecified atom stereocenters. The van der Waals surface area contributed by atoms with Crippen LogP contribution in [0.5, 0.6) is 0 Å². The quantitative estimate of drug-likeness (QED) is 0.149. The molecule has 0 saturated heterocycles. The predicted molar refractivity (Wildman–Crippen MR) is 249 cm³/mol. The Morgan fingerprint density at radius 3 is 1.30 bits per heavy atom. The molecule has 0 saturated carbocycles. The molecule has 3 nitrogen and oxygen atoms in total. The maximum Gasteiger partial charge on any atom is 0.417 e. The molecule has 0 aliphatic carbocycles. The highest BCUT2D eigenvalue weighted by Crippen LogP contribution is 2.48. The number of hydrogen-bond donors (Lipinski definition) is 0. The van der Waals surface area contributed by atoms with Crippen LogP contribution in [0, 0.1) is 0 Å². The van der Waals surface area contributed by atoms with E-state index in [0.29, 0.717) is 39.5 Å². The predicted octanol–water partition coefficient (Wildman–Crippen LogP) is 17.7. The Morgan fingerprint density at radius 2 is 0.775 bits per heavy atom. The molecule has 0 aliphatic rings. The van der Waals surface area contributed by atoms with E-state index in [1.165, 1.54) is 42.5 Å². The summed E-state index contributed by atoms with van der Waals surface area (Å²) >= 11 is 0. The number of fused-ring (bicyclic) bond motifs is 3.